The summed E-state index contributed by atoms with van der Waals surface area (Å²) >= 11 is 4.92. The zero-order valence-electron chi connectivity index (χ0n) is 6.58. The lowest BCUT2D eigenvalue weighted by molar-refractivity contribution is 0.111. The summed E-state index contributed by atoms with van der Waals surface area (Å²) in [5, 5.41) is 0. The summed E-state index contributed by atoms with van der Waals surface area (Å²) < 4.78 is 0.907. The first-order valence-electron chi connectivity index (χ1n) is 3.51. The van der Waals surface area contributed by atoms with Gasteiger partial charge in [0.1, 0.15) is 5.69 Å². The van der Waals surface area contributed by atoms with Gasteiger partial charge in [-0.05, 0) is 27.7 Å². The highest BCUT2D eigenvalue weighted by Gasteiger charge is 2.02. The third-order valence-electron chi connectivity index (χ3n) is 1.26. The van der Waals surface area contributed by atoms with Crippen LogP contribution in [0.15, 0.2) is 21.6 Å². The Balaban J connectivity index is 3.03. The van der Waals surface area contributed by atoms with Gasteiger partial charge in [-0.15, -0.1) is 11.8 Å². The van der Waals surface area contributed by atoms with E-state index in [0.29, 0.717) is 5.69 Å². The minimum absolute atomic E-state index is 0.519. The van der Waals surface area contributed by atoms with Gasteiger partial charge in [-0.1, -0.05) is 6.92 Å². The number of nitrogens with zero attached hydrogens (tertiary/aromatic N) is 1. The van der Waals surface area contributed by atoms with Crippen LogP contribution in [0.25, 0.3) is 0 Å². The first-order valence-corrected chi connectivity index (χ1v) is 5.29. The number of hydrogen-bond acceptors (Lipinski definition) is 3. The zero-order valence-corrected chi connectivity index (χ0v) is 8.98. The molecule has 1 aromatic heterocycles. The van der Waals surface area contributed by atoms with Crippen molar-refractivity contribution in [3.8, 4) is 0 Å². The van der Waals surface area contributed by atoms with Gasteiger partial charge >= 0.3 is 0 Å². The number of thioether (sulfide) groups is 1. The fourth-order valence-electron chi connectivity index (χ4n) is 0.791. The Morgan fingerprint density at radius 1 is 1.75 bits per heavy atom. The quantitative estimate of drug-likeness (QED) is 0.606. The molecule has 0 saturated carbocycles. The number of aldehydes is 1. The summed E-state index contributed by atoms with van der Waals surface area (Å²) in [5.74, 6) is 0.943. The van der Waals surface area contributed by atoms with E-state index in [1.807, 2.05) is 13.0 Å². The molecule has 0 spiro atoms. The summed E-state index contributed by atoms with van der Waals surface area (Å²) in [6.07, 6.45) is 2.41. The number of halogens is 1. The highest BCUT2D eigenvalue weighted by Crippen LogP contribution is 2.23. The summed E-state index contributed by atoms with van der Waals surface area (Å²) in [6.45, 7) is 2.04. The molecule has 0 aliphatic carbocycles. The molecule has 0 amide bonds. The van der Waals surface area contributed by atoms with Gasteiger partial charge in [0.15, 0.2) is 6.29 Å². The molecule has 1 heterocycles. The topological polar surface area (TPSA) is 30.0 Å². The maximum Gasteiger partial charge on any atom is 0.169 e. The molecule has 12 heavy (non-hydrogen) atoms. The third-order valence-corrected chi connectivity index (χ3v) is 2.62. The lowest BCUT2D eigenvalue weighted by Gasteiger charge is -2.01. The molecule has 0 bridgehead atoms. The minimum atomic E-state index is 0.519. The van der Waals surface area contributed by atoms with E-state index in [2.05, 4.69) is 20.9 Å². The van der Waals surface area contributed by atoms with E-state index in [9.17, 15) is 4.79 Å². The van der Waals surface area contributed by atoms with E-state index in [0.717, 1.165) is 21.4 Å². The SMILES string of the molecule is CCSc1cc(Br)cnc1C=O. The number of carbonyl (C=O) groups excluding carboxylic acids is 1. The van der Waals surface area contributed by atoms with Crippen LogP contribution in [-0.4, -0.2) is 17.0 Å². The Labute approximate surface area is 83.9 Å². The van der Waals surface area contributed by atoms with E-state index in [4.69, 9.17) is 0 Å². The molecule has 0 aliphatic rings. The molecular weight excluding hydrogens is 238 g/mol. The maximum absolute atomic E-state index is 10.5. The largest absolute Gasteiger partial charge is 0.296 e. The van der Waals surface area contributed by atoms with Crippen molar-refractivity contribution in [2.45, 2.75) is 11.8 Å². The van der Waals surface area contributed by atoms with E-state index >= 15 is 0 Å². The van der Waals surface area contributed by atoms with Gasteiger partial charge < -0.3 is 0 Å². The highest BCUT2D eigenvalue weighted by atomic mass is 79.9. The molecule has 0 fully saturated rings. The number of hydrogen-bond donors (Lipinski definition) is 0. The molecule has 0 radical (unpaired) electrons. The highest BCUT2D eigenvalue weighted by molar-refractivity contribution is 9.10. The Hall–Kier alpha value is -0.350. The zero-order chi connectivity index (χ0) is 8.97. The predicted octanol–water partition coefficient (Wildman–Crippen LogP) is 2.77. The molecule has 0 aromatic carbocycles. The molecule has 1 rings (SSSR count). The number of rotatable bonds is 3. The molecule has 0 N–H and O–H groups in total. The van der Waals surface area contributed by atoms with Crippen LogP contribution in [0.4, 0.5) is 0 Å². The third kappa shape index (κ3) is 2.32. The smallest absolute Gasteiger partial charge is 0.169 e. The van der Waals surface area contributed by atoms with Crippen LogP contribution in [0, 0.1) is 0 Å². The van der Waals surface area contributed by atoms with Gasteiger partial charge in [0.05, 0.1) is 0 Å². The molecule has 0 aliphatic heterocycles. The van der Waals surface area contributed by atoms with E-state index in [1.165, 1.54) is 0 Å². The van der Waals surface area contributed by atoms with Crippen LogP contribution in [0.3, 0.4) is 0 Å². The minimum Gasteiger partial charge on any atom is -0.296 e. The normalized spacial score (nSPS) is 9.83. The molecule has 1 aromatic rings. The van der Waals surface area contributed by atoms with E-state index in [1.54, 1.807) is 18.0 Å². The summed E-state index contributed by atoms with van der Waals surface area (Å²) in [7, 11) is 0. The fraction of sp³-hybridized carbons (Fsp3) is 0.250. The van der Waals surface area contributed by atoms with Crippen molar-refractivity contribution >= 4 is 34.0 Å². The summed E-state index contributed by atoms with van der Waals surface area (Å²) in [6, 6.07) is 1.91. The predicted molar refractivity (Wildman–Crippen MR) is 53.7 cm³/mol. The molecule has 0 saturated heterocycles. The first kappa shape index (κ1) is 9.74. The lowest BCUT2D eigenvalue weighted by Crippen LogP contribution is -1.90. The summed E-state index contributed by atoms with van der Waals surface area (Å²) in [5.41, 5.74) is 0.519. The first-order chi connectivity index (χ1) is 5.77. The van der Waals surface area contributed by atoms with Crippen molar-refractivity contribution in [3.05, 3.63) is 22.4 Å². The van der Waals surface area contributed by atoms with Gasteiger partial charge in [-0.3, -0.25) is 9.78 Å². The van der Waals surface area contributed by atoms with Gasteiger partial charge in [0.25, 0.3) is 0 Å². The van der Waals surface area contributed by atoms with Gasteiger partial charge in [0.2, 0.25) is 0 Å². The van der Waals surface area contributed by atoms with Crippen molar-refractivity contribution < 1.29 is 4.79 Å². The lowest BCUT2D eigenvalue weighted by atomic mass is 10.4. The van der Waals surface area contributed by atoms with Crippen LogP contribution in [0.5, 0.6) is 0 Å². The van der Waals surface area contributed by atoms with Gasteiger partial charge in [-0.2, -0.15) is 0 Å². The standard InChI is InChI=1S/C8H8BrNOS/c1-2-12-8-3-6(9)4-10-7(8)5-11/h3-5H,2H2,1H3. The van der Waals surface area contributed by atoms with Crippen LogP contribution in [-0.2, 0) is 0 Å². The van der Waals surface area contributed by atoms with Crippen LogP contribution in [0.1, 0.15) is 17.4 Å². The Bertz CT molecular complexity index is 290. The molecule has 0 unspecified atom stereocenters. The van der Waals surface area contributed by atoms with Crippen molar-refractivity contribution in [2.75, 3.05) is 5.75 Å². The molecular formula is C8H8BrNOS. The fourth-order valence-corrected chi connectivity index (χ4v) is 2.04. The molecule has 64 valence electrons. The number of aromatic nitrogens is 1. The average Bonchev–Trinajstić information content (AvgIpc) is 2.05. The second-order valence-electron chi connectivity index (χ2n) is 2.09. The Morgan fingerprint density at radius 3 is 3.08 bits per heavy atom. The number of pyridine rings is 1. The molecule has 2 nitrogen and oxygen atoms in total. The average molecular weight is 246 g/mol. The van der Waals surface area contributed by atoms with Crippen molar-refractivity contribution in [2.24, 2.45) is 0 Å². The van der Waals surface area contributed by atoms with Crippen molar-refractivity contribution in [1.82, 2.24) is 4.98 Å². The number of carbonyl (C=O) groups is 1. The van der Waals surface area contributed by atoms with Gasteiger partial charge in [0, 0.05) is 15.6 Å². The second-order valence-corrected chi connectivity index (χ2v) is 4.31. The van der Waals surface area contributed by atoms with E-state index < -0.39 is 0 Å². The summed E-state index contributed by atoms with van der Waals surface area (Å²) in [4.78, 5) is 15.4. The van der Waals surface area contributed by atoms with Crippen molar-refractivity contribution in [1.29, 1.82) is 0 Å². The van der Waals surface area contributed by atoms with Crippen LogP contribution >= 0.6 is 27.7 Å². The Morgan fingerprint density at radius 2 is 2.50 bits per heavy atom. The Kier molecular flexibility index (Phi) is 3.75. The monoisotopic (exact) mass is 245 g/mol. The maximum atomic E-state index is 10.5. The van der Waals surface area contributed by atoms with Crippen molar-refractivity contribution in [3.63, 3.8) is 0 Å². The second kappa shape index (κ2) is 4.62. The van der Waals surface area contributed by atoms with Gasteiger partial charge in [-0.25, -0.2) is 0 Å². The van der Waals surface area contributed by atoms with E-state index in [-0.39, 0.29) is 0 Å². The van der Waals surface area contributed by atoms with Crippen LogP contribution < -0.4 is 0 Å². The molecule has 0 atom stereocenters. The molecule has 4 heteroatoms. The van der Waals surface area contributed by atoms with Crippen LogP contribution in [0.2, 0.25) is 0 Å².